The zero-order valence-corrected chi connectivity index (χ0v) is 11.0. The van der Waals surface area contributed by atoms with E-state index >= 15 is 0 Å². The largest absolute Gasteiger partial charge is 0.462 e. The van der Waals surface area contributed by atoms with E-state index in [0.29, 0.717) is 19.8 Å². The normalized spacial score (nSPS) is 11.9. The standard InChI is InChI=1S/C10H19NO5S/c1-8(12)11-9(7-17)10(13)16-6-5-15-4-3-14-2/h9,17H,3-7H2,1-2H3,(H,11,12). The van der Waals surface area contributed by atoms with Crippen molar-refractivity contribution in [3.05, 3.63) is 0 Å². The number of hydrogen-bond donors (Lipinski definition) is 2. The topological polar surface area (TPSA) is 73.9 Å². The fourth-order valence-corrected chi connectivity index (χ4v) is 1.21. The first-order valence-electron chi connectivity index (χ1n) is 5.23. The SMILES string of the molecule is COCCOCCOC(=O)C(CS)NC(C)=O. The highest BCUT2D eigenvalue weighted by atomic mass is 32.1. The molecule has 0 radical (unpaired) electrons. The molecule has 7 heteroatoms. The Labute approximate surface area is 106 Å². The molecule has 0 rings (SSSR count). The van der Waals surface area contributed by atoms with Crippen LogP contribution in [0.2, 0.25) is 0 Å². The monoisotopic (exact) mass is 265 g/mol. The summed E-state index contributed by atoms with van der Waals surface area (Å²) in [5.74, 6) is -0.606. The van der Waals surface area contributed by atoms with Crippen molar-refractivity contribution >= 4 is 24.5 Å². The second-order valence-electron chi connectivity index (χ2n) is 3.21. The van der Waals surface area contributed by atoms with Gasteiger partial charge in [0.15, 0.2) is 0 Å². The first kappa shape index (κ1) is 16.2. The number of nitrogens with one attached hydrogen (secondary N) is 1. The van der Waals surface area contributed by atoms with E-state index in [1.165, 1.54) is 6.92 Å². The lowest BCUT2D eigenvalue weighted by atomic mass is 10.3. The quantitative estimate of drug-likeness (QED) is 0.338. The Morgan fingerprint density at radius 1 is 1.24 bits per heavy atom. The molecule has 17 heavy (non-hydrogen) atoms. The molecular weight excluding hydrogens is 246 g/mol. The van der Waals surface area contributed by atoms with E-state index in [1.807, 2.05) is 0 Å². The molecule has 0 fully saturated rings. The van der Waals surface area contributed by atoms with E-state index in [0.717, 1.165) is 0 Å². The van der Waals surface area contributed by atoms with Gasteiger partial charge in [0.1, 0.15) is 12.6 Å². The zero-order chi connectivity index (χ0) is 13.1. The molecule has 0 aliphatic heterocycles. The van der Waals surface area contributed by atoms with Crippen molar-refractivity contribution in [1.82, 2.24) is 5.32 Å². The first-order valence-corrected chi connectivity index (χ1v) is 5.86. The molecule has 6 nitrogen and oxygen atoms in total. The molecule has 0 saturated heterocycles. The van der Waals surface area contributed by atoms with Crippen molar-refractivity contribution in [2.24, 2.45) is 0 Å². The number of hydrogen-bond acceptors (Lipinski definition) is 6. The lowest BCUT2D eigenvalue weighted by Gasteiger charge is -2.14. The molecule has 1 N–H and O–H groups in total. The Bertz CT molecular complexity index is 237. The molecule has 0 aromatic rings. The summed E-state index contributed by atoms with van der Waals surface area (Å²) in [6.45, 7) is 2.73. The van der Waals surface area contributed by atoms with Gasteiger partial charge < -0.3 is 19.5 Å². The summed E-state index contributed by atoms with van der Waals surface area (Å²) in [6.07, 6.45) is 0. The summed E-state index contributed by atoms with van der Waals surface area (Å²) in [5, 5.41) is 2.44. The Balaban J connectivity index is 3.64. The molecule has 100 valence electrons. The van der Waals surface area contributed by atoms with Crippen LogP contribution in [0.4, 0.5) is 0 Å². The number of thiol groups is 1. The first-order chi connectivity index (χ1) is 8.11. The molecule has 0 bridgehead atoms. The minimum Gasteiger partial charge on any atom is -0.462 e. The van der Waals surface area contributed by atoms with Crippen LogP contribution >= 0.6 is 12.6 Å². The maximum Gasteiger partial charge on any atom is 0.329 e. The molecule has 0 heterocycles. The fraction of sp³-hybridized carbons (Fsp3) is 0.800. The number of methoxy groups -OCH3 is 1. The maximum absolute atomic E-state index is 11.4. The van der Waals surface area contributed by atoms with Gasteiger partial charge in [-0.3, -0.25) is 4.79 Å². The highest BCUT2D eigenvalue weighted by molar-refractivity contribution is 7.80. The fourth-order valence-electron chi connectivity index (χ4n) is 0.971. The summed E-state index contributed by atoms with van der Waals surface area (Å²) in [5.41, 5.74) is 0. The summed E-state index contributed by atoms with van der Waals surface area (Å²) in [7, 11) is 1.58. The van der Waals surface area contributed by atoms with Gasteiger partial charge in [0, 0.05) is 19.8 Å². The number of carbonyl (C=O) groups is 2. The van der Waals surface area contributed by atoms with Crippen LogP contribution in [0.25, 0.3) is 0 Å². The van der Waals surface area contributed by atoms with Gasteiger partial charge in [-0.05, 0) is 0 Å². The lowest BCUT2D eigenvalue weighted by Crippen LogP contribution is -2.42. The molecule has 0 aromatic heterocycles. The molecular formula is C10H19NO5S. The highest BCUT2D eigenvalue weighted by Gasteiger charge is 2.18. The van der Waals surface area contributed by atoms with Gasteiger partial charge in [-0.15, -0.1) is 0 Å². The van der Waals surface area contributed by atoms with Gasteiger partial charge in [0.2, 0.25) is 5.91 Å². The second kappa shape index (κ2) is 10.4. The Morgan fingerprint density at radius 2 is 1.88 bits per heavy atom. The molecule has 1 amide bonds. The molecule has 1 unspecified atom stereocenters. The predicted octanol–water partition coefficient (Wildman–Crippen LogP) is -0.373. The molecule has 1 atom stereocenters. The minimum absolute atomic E-state index is 0.145. The van der Waals surface area contributed by atoms with E-state index < -0.39 is 12.0 Å². The van der Waals surface area contributed by atoms with Gasteiger partial charge in [-0.25, -0.2) is 4.79 Å². The van der Waals surface area contributed by atoms with Crippen molar-refractivity contribution in [1.29, 1.82) is 0 Å². The van der Waals surface area contributed by atoms with Crippen LogP contribution in [0.15, 0.2) is 0 Å². The van der Waals surface area contributed by atoms with Crippen molar-refractivity contribution in [3.63, 3.8) is 0 Å². The van der Waals surface area contributed by atoms with Crippen molar-refractivity contribution in [2.45, 2.75) is 13.0 Å². The minimum atomic E-state index is -0.713. The average Bonchev–Trinajstić information content (AvgIpc) is 2.30. The number of ether oxygens (including phenoxy) is 3. The third-order valence-corrected chi connectivity index (χ3v) is 2.11. The predicted molar refractivity (Wildman–Crippen MR) is 65.1 cm³/mol. The van der Waals surface area contributed by atoms with Gasteiger partial charge >= 0.3 is 5.97 Å². The zero-order valence-electron chi connectivity index (χ0n) is 10.1. The maximum atomic E-state index is 11.4. The highest BCUT2D eigenvalue weighted by Crippen LogP contribution is 1.93. The van der Waals surface area contributed by atoms with Crippen LogP contribution in [0.1, 0.15) is 6.92 Å². The average molecular weight is 265 g/mol. The molecule has 0 aromatic carbocycles. The van der Waals surface area contributed by atoms with Crippen LogP contribution in [0, 0.1) is 0 Å². The Morgan fingerprint density at radius 3 is 2.41 bits per heavy atom. The summed E-state index contributed by atoms with van der Waals surface area (Å²) < 4.78 is 14.8. The summed E-state index contributed by atoms with van der Waals surface area (Å²) in [4.78, 5) is 22.2. The lowest BCUT2D eigenvalue weighted by molar-refractivity contribution is -0.148. The second-order valence-corrected chi connectivity index (χ2v) is 3.57. The molecule has 0 spiro atoms. The summed E-state index contributed by atoms with van der Waals surface area (Å²) >= 11 is 3.96. The number of carbonyl (C=O) groups excluding carboxylic acids is 2. The van der Waals surface area contributed by atoms with Crippen molar-refractivity contribution in [3.8, 4) is 0 Å². The number of rotatable bonds is 9. The van der Waals surface area contributed by atoms with Crippen LogP contribution in [0.5, 0.6) is 0 Å². The van der Waals surface area contributed by atoms with Gasteiger partial charge in [0.25, 0.3) is 0 Å². The Hall–Kier alpha value is -0.790. The van der Waals surface area contributed by atoms with E-state index in [1.54, 1.807) is 7.11 Å². The smallest absolute Gasteiger partial charge is 0.329 e. The molecule has 0 aliphatic rings. The van der Waals surface area contributed by atoms with E-state index in [9.17, 15) is 9.59 Å². The van der Waals surface area contributed by atoms with Crippen molar-refractivity contribution in [2.75, 3.05) is 39.3 Å². The third kappa shape index (κ3) is 8.96. The van der Waals surface area contributed by atoms with Crippen molar-refractivity contribution < 1.29 is 23.8 Å². The van der Waals surface area contributed by atoms with Gasteiger partial charge in [0.05, 0.1) is 19.8 Å². The van der Waals surface area contributed by atoms with Crippen LogP contribution < -0.4 is 5.32 Å². The molecule has 0 saturated carbocycles. The van der Waals surface area contributed by atoms with Crippen LogP contribution in [-0.2, 0) is 23.8 Å². The van der Waals surface area contributed by atoms with E-state index in [-0.39, 0.29) is 18.3 Å². The molecule has 0 aliphatic carbocycles. The van der Waals surface area contributed by atoms with Gasteiger partial charge in [-0.2, -0.15) is 12.6 Å². The van der Waals surface area contributed by atoms with Gasteiger partial charge in [-0.1, -0.05) is 0 Å². The number of amides is 1. The third-order valence-electron chi connectivity index (χ3n) is 1.75. The van der Waals surface area contributed by atoms with Crippen LogP contribution in [0.3, 0.4) is 0 Å². The number of esters is 1. The van der Waals surface area contributed by atoms with E-state index in [2.05, 4.69) is 17.9 Å². The Kier molecular flexibility index (Phi) is 9.89. The summed E-state index contributed by atoms with van der Waals surface area (Å²) in [6, 6.07) is -0.713. The van der Waals surface area contributed by atoms with Crippen LogP contribution in [-0.4, -0.2) is 57.2 Å². The van der Waals surface area contributed by atoms with E-state index in [4.69, 9.17) is 14.2 Å².